The van der Waals surface area contributed by atoms with E-state index in [1.807, 2.05) is 37.3 Å². The van der Waals surface area contributed by atoms with Crippen LogP contribution < -0.4 is 10.9 Å². The fraction of sp³-hybridized carbons (Fsp3) is 0.391. The number of pyridine rings is 1. The Morgan fingerprint density at radius 3 is 2.94 bits per heavy atom. The molecule has 0 unspecified atom stereocenters. The Morgan fingerprint density at radius 1 is 1.32 bits per heavy atom. The smallest absolute Gasteiger partial charge is 0.262 e. The average molecular weight is 439 g/mol. The number of thioether (sulfide) groups is 1. The normalized spacial score (nSPS) is 17.0. The number of fused-ring (bicyclic) bond motifs is 1. The van der Waals surface area contributed by atoms with Crippen molar-refractivity contribution in [1.29, 1.82) is 0 Å². The zero-order chi connectivity index (χ0) is 21.6. The second-order valence-electron chi connectivity index (χ2n) is 7.56. The maximum absolute atomic E-state index is 13.2. The average Bonchev–Trinajstić information content (AvgIpc) is 3.32. The van der Waals surface area contributed by atoms with Crippen molar-refractivity contribution >= 4 is 28.6 Å². The Labute approximate surface area is 185 Å². The highest BCUT2D eigenvalue weighted by Gasteiger charge is 2.24. The standard InChI is InChI=1S/C23H26N4O3S/c1-2-20(21(28)25-14-16-7-5-11-24-13-16)31-23-26-19-10-4-3-9-18(19)22(29)27(23)15-17-8-6-12-30-17/h3-5,7,9-11,13,17,20H,2,6,8,12,14-15H2,1H3,(H,25,28)/t17-,20+/m0/s1. The van der Waals surface area contributed by atoms with Crippen LogP contribution in [0.2, 0.25) is 0 Å². The van der Waals surface area contributed by atoms with Crippen molar-refractivity contribution in [1.82, 2.24) is 19.9 Å². The number of aromatic nitrogens is 3. The van der Waals surface area contributed by atoms with Gasteiger partial charge >= 0.3 is 0 Å². The van der Waals surface area contributed by atoms with Crippen LogP contribution in [0, 0.1) is 0 Å². The molecule has 3 aromatic rings. The van der Waals surface area contributed by atoms with E-state index in [0.29, 0.717) is 35.6 Å². The van der Waals surface area contributed by atoms with Gasteiger partial charge in [0.1, 0.15) is 0 Å². The maximum Gasteiger partial charge on any atom is 0.262 e. The van der Waals surface area contributed by atoms with Gasteiger partial charge in [-0.2, -0.15) is 0 Å². The number of rotatable bonds is 8. The third-order valence-electron chi connectivity index (χ3n) is 5.34. The minimum absolute atomic E-state index is 0.000467. The lowest BCUT2D eigenvalue weighted by Crippen LogP contribution is -2.34. The van der Waals surface area contributed by atoms with Gasteiger partial charge in [0.15, 0.2) is 5.16 Å². The third kappa shape index (κ3) is 5.14. The van der Waals surface area contributed by atoms with E-state index in [0.717, 1.165) is 25.0 Å². The van der Waals surface area contributed by atoms with Crippen LogP contribution in [0.4, 0.5) is 0 Å². The van der Waals surface area contributed by atoms with E-state index in [9.17, 15) is 9.59 Å². The highest BCUT2D eigenvalue weighted by Crippen LogP contribution is 2.26. The first kappa shape index (κ1) is 21.5. The van der Waals surface area contributed by atoms with Crippen molar-refractivity contribution in [2.75, 3.05) is 6.61 Å². The summed E-state index contributed by atoms with van der Waals surface area (Å²) in [6, 6.07) is 11.1. The number of nitrogens with one attached hydrogen (secondary N) is 1. The van der Waals surface area contributed by atoms with Crippen molar-refractivity contribution in [3.8, 4) is 0 Å². The fourth-order valence-corrected chi connectivity index (χ4v) is 4.69. The molecule has 1 N–H and O–H groups in total. The molecule has 3 heterocycles. The number of nitrogens with zero attached hydrogens (tertiary/aromatic N) is 3. The summed E-state index contributed by atoms with van der Waals surface area (Å²) in [5, 5.41) is 3.75. The molecule has 0 bridgehead atoms. The van der Waals surface area contributed by atoms with E-state index in [-0.39, 0.29) is 22.8 Å². The molecule has 0 spiro atoms. The number of benzene rings is 1. The number of hydrogen-bond acceptors (Lipinski definition) is 6. The molecule has 2 aromatic heterocycles. The molecule has 0 aliphatic carbocycles. The Hall–Kier alpha value is -2.71. The largest absolute Gasteiger partial charge is 0.376 e. The fourth-order valence-electron chi connectivity index (χ4n) is 3.65. The van der Waals surface area contributed by atoms with Crippen LogP contribution in [-0.2, 0) is 22.6 Å². The predicted octanol–water partition coefficient (Wildman–Crippen LogP) is 3.16. The van der Waals surface area contributed by atoms with Gasteiger partial charge in [-0.3, -0.25) is 19.1 Å². The molecule has 1 aromatic carbocycles. The molecule has 1 fully saturated rings. The summed E-state index contributed by atoms with van der Waals surface area (Å²) < 4.78 is 7.44. The van der Waals surface area contributed by atoms with Gasteiger partial charge in [-0.15, -0.1) is 0 Å². The Kier molecular flexibility index (Phi) is 6.99. The zero-order valence-electron chi connectivity index (χ0n) is 17.5. The molecule has 1 aliphatic rings. The lowest BCUT2D eigenvalue weighted by atomic mass is 10.2. The van der Waals surface area contributed by atoms with Crippen LogP contribution in [0.3, 0.4) is 0 Å². The molecule has 4 rings (SSSR count). The quantitative estimate of drug-likeness (QED) is 0.430. The summed E-state index contributed by atoms with van der Waals surface area (Å²) in [7, 11) is 0. The highest BCUT2D eigenvalue weighted by molar-refractivity contribution is 8.00. The lowest BCUT2D eigenvalue weighted by Gasteiger charge is -2.19. The molecule has 1 amide bonds. The molecule has 0 saturated carbocycles. The first-order chi connectivity index (χ1) is 15.2. The molecule has 0 radical (unpaired) electrons. The van der Waals surface area contributed by atoms with E-state index in [4.69, 9.17) is 9.72 Å². The van der Waals surface area contributed by atoms with Crippen molar-refractivity contribution in [3.05, 3.63) is 64.7 Å². The molecule has 7 nitrogen and oxygen atoms in total. The first-order valence-electron chi connectivity index (χ1n) is 10.6. The monoisotopic (exact) mass is 438 g/mol. The molecule has 2 atom stereocenters. The first-order valence-corrected chi connectivity index (χ1v) is 11.5. The van der Waals surface area contributed by atoms with E-state index in [1.165, 1.54) is 11.8 Å². The number of amides is 1. The summed E-state index contributed by atoms with van der Waals surface area (Å²) in [6.45, 7) is 3.55. The van der Waals surface area contributed by atoms with Crippen LogP contribution in [0.15, 0.2) is 58.7 Å². The molecule has 8 heteroatoms. The topological polar surface area (TPSA) is 86.1 Å². The predicted molar refractivity (Wildman–Crippen MR) is 121 cm³/mol. The van der Waals surface area contributed by atoms with E-state index < -0.39 is 0 Å². The van der Waals surface area contributed by atoms with Crippen LogP contribution >= 0.6 is 11.8 Å². The van der Waals surface area contributed by atoms with Gasteiger partial charge in [0.25, 0.3) is 5.56 Å². The molecular formula is C23H26N4O3S. The van der Waals surface area contributed by atoms with Crippen molar-refractivity contribution in [2.45, 2.75) is 55.8 Å². The van der Waals surface area contributed by atoms with Crippen LogP contribution in [0.25, 0.3) is 10.9 Å². The van der Waals surface area contributed by atoms with E-state index >= 15 is 0 Å². The summed E-state index contributed by atoms with van der Waals surface area (Å²) in [4.78, 5) is 34.9. The molecule has 1 saturated heterocycles. The van der Waals surface area contributed by atoms with Crippen LogP contribution in [0.1, 0.15) is 31.7 Å². The summed E-state index contributed by atoms with van der Waals surface area (Å²) in [5.74, 6) is -0.0811. The van der Waals surface area contributed by atoms with Gasteiger partial charge in [-0.1, -0.05) is 36.9 Å². The molecule has 1 aliphatic heterocycles. The zero-order valence-corrected chi connectivity index (χ0v) is 18.3. The van der Waals surface area contributed by atoms with Gasteiger partial charge in [0.05, 0.1) is 28.8 Å². The van der Waals surface area contributed by atoms with Gasteiger partial charge in [-0.25, -0.2) is 4.98 Å². The van der Waals surface area contributed by atoms with Crippen LogP contribution in [0.5, 0.6) is 0 Å². The maximum atomic E-state index is 13.2. The third-order valence-corrected chi connectivity index (χ3v) is 6.69. The summed E-state index contributed by atoms with van der Waals surface area (Å²) >= 11 is 1.34. The summed E-state index contributed by atoms with van der Waals surface area (Å²) in [6.07, 6.45) is 5.97. The second kappa shape index (κ2) is 10.1. The lowest BCUT2D eigenvalue weighted by molar-refractivity contribution is -0.120. The van der Waals surface area contributed by atoms with Crippen LogP contribution in [-0.4, -0.2) is 38.4 Å². The highest BCUT2D eigenvalue weighted by atomic mass is 32.2. The number of carbonyl (C=O) groups excluding carboxylic acids is 1. The van der Waals surface area contributed by atoms with Gasteiger partial charge in [0, 0.05) is 25.5 Å². The molecule has 162 valence electrons. The molecular weight excluding hydrogens is 412 g/mol. The van der Waals surface area contributed by atoms with Crippen molar-refractivity contribution in [2.24, 2.45) is 0 Å². The number of hydrogen-bond donors (Lipinski definition) is 1. The second-order valence-corrected chi connectivity index (χ2v) is 8.73. The Balaban J connectivity index is 1.58. The minimum Gasteiger partial charge on any atom is -0.376 e. The van der Waals surface area contributed by atoms with Gasteiger partial charge in [0.2, 0.25) is 5.91 Å². The SMILES string of the molecule is CC[C@@H](Sc1nc2ccccc2c(=O)n1C[C@@H]1CCCO1)C(=O)NCc1cccnc1. The Morgan fingerprint density at radius 2 is 2.19 bits per heavy atom. The van der Waals surface area contributed by atoms with Crippen molar-refractivity contribution < 1.29 is 9.53 Å². The number of ether oxygens (including phenoxy) is 1. The number of carbonyl (C=O) groups is 1. The van der Waals surface area contributed by atoms with E-state index in [2.05, 4.69) is 10.3 Å². The van der Waals surface area contributed by atoms with Crippen molar-refractivity contribution in [3.63, 3.8) is 0 Å². The summed E-state index contributed by atoms with van der Waals surface area (Å²) in [5.41, 5.74) is 1.49. The van der Waals surface area contributed by atoms with Gasteiger partial charge < -0.3 is 10.1 Å². The minimum atomic E-state index is -0.361. The molecule has 31 heavy (non-hydrogen) atoms. The van der Waals surface area contributed by atoms with Gasteiger partial charge in [-0.05, 0) is 43.0 Å². The number of para-hydroxylation sites is 1. The Bertz CT molecular complexity index is 1100. The van der Waals surface area contributed by atoms with E-state index in [1.54, 1.807) is 23.0 Å².